The fraction of sp³-hybridized carbons (Fsp3) is 0.412. The molecule has 2 aliphatic rings. The summed E-state index contributed by atoms with van der Waals surface area (Å²) in [5, 5.41) is 7.12. The van der Waals surface area contributed by atoms with Crippen molar-refractivity contribution in [3.8, 4) is 0 Å². The second-order valence-corrected chi connectivity index (χ2v) is 13.3. The van der Waals surface area contributed by atoms with Crippen molar-refractivity contribution in [3.05, 3.63) is 69.7 Å². The minimum Gasteiger partial charge on any atom is -0.399 e. The average Bonchev–Trinajstić information content (AvgIpc) is 3.01. The van der Waals surface area contributed by atoms with Gasteiger partial charge in [0.25, 0.3) is 0 Å². The Hall–Kier alpha value is -3.41. The Kier molecular flexibility index (Phi) is 15.2. The van der Waals surface area contributed by atoms with Crippen molar-refractivity contribution < 1.29 is 9.59 Å². The molecule has 0 saturated carbocycles. The van der Waals surface area contributed by atoms with E-state index in [4.69, 9.17) is 57.7 Å². The standard InChI is InChI=1S/2C14H20ClN3O.C6H7ClN2/c1-10-3-2-6-18(8-10)9-14(19)17-13-5-4-11(16)7-12(13)15;1-10-4-2-3-7-18(10)9-14(19)17-13-6-5-11(16)8-12(13)15;7-4-2-1-3-5(8)6(4)9/h4-5,7,10H,2-3,6,8-9,16H2,1H3,(H,17,19);5-6,8,10H,2-4,7,9,16H2,1H3,(H,17,19);1-3H,8-9H2. The quantitative estimate of drug-likeness (QED) is 0.152. The topological polar surface area (TPSA) is 169 Å². The lowest BCUT2D eigenvalue weighted by atomic mass is 10.0. The lowest BCUT2D eigenvalue weighted by Gasteiger charge is -2.32. The number of likely N-dealkylation sites (tertiary alicyclic amines) is 2. The highest BCUT2D eigenvalue weighted by Gasteiger charge is 2.21. The molecule has 0 spiro atoms. The zero-order chi connectivity index (χ0) is 34.5. The number of carbonyl (C=O) groups is 2. The van der Waals surface area contributed by atoms with Gasteiger partial charge in [0.2, 0.25) is 11.8 Å². The predicted molar refractivity (Wildman–Crippen MR) is 199 cm³/mol. The number of amides is 2. The Morgan fingerprint density at radius 3 is 1.85 bits per heavy atom. The van der Waals surface area contributed by atoms with E-state index in [9.17, 15) is 9.59 Å². The third kappa shape index (κ3) is 13.0. The summed E-state index contributed by atoms with van der Waals surface area (Å²) in [6.07, 6.45) is 6.00. The first kappa shape index (κ1) is 38.0. The summed E-state index contributed by atoms with van der Waals surface area (Å²) >= 11 is 17.7. The van der Waals surface area contributed by atoms with Crippen molar-refractivity contribution in [1.82, 2.24) is 9.80 Å². The molecule has 0 aliphatic carbocycles. The molecule has 0 bridgehead atoms. The van der Waals surface area contributed by atoms with Gasteiger partial charge in [-0.05, 0) is 100 Å². The van der Waals surface area contributed by atoms with Gasteiger partial charge in [-0.1, -0.05) is 54.2 Å². The number of hydrogen-bond acceptors (Lipinski definition) is 8. The summed E-state index contributed by atoms with van der Waals surface area (Å²) in [7, 11) is 0. The lowest BCUT2D eigenvalue weighted by Crippen LogP contribution is -2.42. The number of hydrogen-bond donors (Lipinski definition) is 6. The van der Waals surface area contributed by atoms with Crippen molar-refractivity contribution in [2.24, 2.45) is 5.92 Å². The van der Waals surface area contributed by atoms with Gasteiger partial charge >= 0.3 is 0 Å². The Morgan fingerprint density at radius 2 is 1.34 bits per heavy atom. The molecule has 2 amide bonds. The number of nitrogens with two attached hydrogens (primary N) is 4. The molecule has 10 N–H and O–H groups in total. The molecular formula is C34H47Cl3N8O2. The maximum atomic E-state index is 12.0. The zero-order valence-corrected chi connectivity index (χ0v) is 29.3. The molecule has 2 heterocycles. The number of nitrogens with zero attached hydrogens (tertiary/aromatic N) is 2. The third-order valence-corrected chi connectivity index (χ3v) is 8.97. The maximum Gasteiger partial charge on any atom is 0.238 e. The van der Waals surface area contributed by atoms with Crippen molar-refractivity contribution >= 4 is 80.7 Å². The molecule has 0 aromatic heterocycles. The molecule has 3 aromatic carbocycles. The smallest absolute Gasteiger partial charge is 0.238 e. The molecule has 0 radical (unpaired) electrons. The van der Waals surface area contributed by atoms with E-state index in [0.29, 0.717) is 74.2 Å². The van der Waals surface area contributed by atoms with Crippen molar-refractivity contribution in [2.75, 3.05) is 66.3 Å². The number of benzene rings is 3. The largest absolute Gasteiger partial charge is 0.399 e. The van der Waals surface area contributed by atoms with E-state index in [1.165, 1.54) is 19.3 Å². The Bertz CT molecular complexity index is 1470. The van der Waals surface area contributed by atoms with Crippen LogP contribution < -0.4 is 33.6 Å². The first-order valence-electron chi connectivity index (χ1n) is 15.8. The summed E-state index contributed by atoms with van der Waals surface area (Å²) in [5.41, 5.74) is 25.5. The Labute approximate surface area is 293 Å². The lowest BCUT2D eigenvalue weighted by molar-refractivity contribution is -0.118. The monoisotopic (exact) mass is 704 g/mol. The molecule has 2 aliphatic heterocycles. The molecule has 13 heteroatoms. The van der Waals surface area contributed by atoms with Gasteiger partial charge in [-0.2, -0.15) is 0 Å². The van der Waals surface area contributed by atoms with Crippen LogP contribution in [0.25, 0.3) is 0 Å². The van der Waals surface area contributed by atoms with Gasteiger partial charge in [0, 0.05) is 24.0 Å². The number of nitrogen functional groups attached to an aromatic ring is 4. The minimum absolute atomic E-state index is 0.0271. The van der Waals surface area contributed by atoms with E-state index in [-0.39, 0.29) is 11.8 Å². The van der Waals surface area contributed by atoms with Crippen molar-refractivity contribution in [1.29, 1.82) is 0 Å². The van der Waals surface area contributed by atoms with Gasteiger partial charge in [-0.15, -0.1) is 0 Å². The number of halogens is 3. The molecule has 47 heavy (non-hydrogen) atoms. The number of rotatable bonds is 6. The first-order valence-corrected chi connectivity index (χ1v) is 16.9. The van der Waals surface area contributed by atoms with Crippen molar-refractivity contribution in [2.45, 2.75) is 52.0 Å². The molecule has 2 fully saturated rings. The van der Waals surface area contributed by atoms with Gasteiger partial charge in [0.1, 0.15) is 0 Å². The van der Waals surface area contributed by atoms with Gasteiger partial charge < -0.3 is 33.6 Å². The number of anilines is 6. The van der Waals surface area contributed by atoms with Crippen LogP contribution in [0, 0.1) is 5.92 Å². The molecule has 2 unspecified atom stereocenters. The van der Waals surface area contributed by atoms with Crippen LogP contribution in [0.5, 0.6) is 0 Å². The summed E-state index contributed by atoms with van der Waals surface area (Å²) < 4.78 is 0. The molecule has 5 rings (SSSR count). The highest BCUT2D eigenvalue weighted by atomic mass is 35.5. The third-order valence-electron chi connectivity index (χ3n) is 8.02. The zero-order valence-electron chi connectivity index (χ0n) is 27.1. The average molecular weight is 706 g/mol. The van der Waals surface area contributed by atoms with Crippen LogP contribution in [-0.4, -0.2) is 60.4 Å². The summed E-state index contributed by atoms with van der Waals surface area (Å²) in [6.45, 7) is 8.20. The Morgan fingerprint density at radius 1 is 0.745 bits per heavy atom. The van der Waals surface area contributed by atoms with E-state index in [0.717, 1.165) is 32.5 Å². The van der Waals surface area contributed by atoms with Gasteiger partial charge in [-0.3, -0.25) is 19.4 Å². The van der Waals surface area contributed by atoms with Crippen LogP contribution in [0.4, 0.5) is 34.1 Å². The molecule has 256 valence electrons. The maximum absolute atomic E-state index is 12.0. The molecule has 3 aromatic rings. The van der Waals surface area contributed by atoms with Gasteiger partial charge in [0.05, 0.1) is 50.9 Å². The fourth-order valence-corrected chi connectivity index (χ4v) is 6.06. The summed E-state index contributed by atoms with van der Waals surface area (Å²) in [5.74, 6) is 0.614. The van der Waals surface area contributed by atoms with E-state index < -0.39 is 0 Å². The summed E-state index contributed by atoms with van der Waals surface area (Å²) in [6, 6.07) is 15.8. The number of piperidine rings is 2. The molecule has 10 nitrogen and oxygen atoms in total. The van der Waals surface area contributed by atoms with Gasteiger partial charge in [0.15, 0.2) is 0 Å². The SMILES string of the molecule is CC1CCCCN1CC(=O)Nc1ccc(N)cc1Cl.CC1CCCN(CC(=O)Nc2ccc(N)cc2Cl)C1.Nc1cccc(Cl)c1N. The van der Waals surface area contributed by atoms with Crippen LogP contribution in [0.15, 0.2) is 54.6 Å². The number of nitrogens with one attached hydrogen (secondary N) is 2. The highest BCUT2D eigenvalue weighted by molar-refractivity contribution is 6.34. The predicted octanol–water partition coefficient (Wildman–Crippen LogP) is 6.83. The number of para-hydroxylation sites is 1. The molecule has 2 atom stereocenters. The van der Waals surface area contributed by atoms with Crippen LogP contribution in [-0.2, 0) is 9.59 Å². The second-order valence-electron chi connectivity index (χ2n) is 12.1. The molecular weight excluding hydrogens is 659 g/mol. The van der Waals surface area contributed by atoms with Gasteiger partial charge in [-0.25, -0.2) is 0 Å². The summed E-state index contributed by atoms with van der Waals surface area (Å²) in [4.78, 5) is 28.4. The van der Waals surface area contributed by atoms with E-state index in [1.54, 1.807) is 54.6 Å². The normalized spacial score (nSPS) is 18.1. The van der Waals surface area contributed by atoms with E-state index >= 15 is 0 Å². The number of carbonyl (C=O) groups excluding carboxylic acids is 2. The van der Waals surface area contributed by atoms with Crippen LogP contribution in [0.1, 0.15) is 46.0 Å². The highest BCUT2D eigenvalue weighted by Crippen LogP contribution is 2.26. The van der Waals surface area contributed by atoms with Crippen molar-refractivity contribution in [3.63, 3.8) is 0 Å². The molecule has 2 saturated heterocycles. The Balaban J connectivity index is 0.000000204. The van der Waals surface area contributed by atoms with Crippen LogP contribution in [0.2, 0.25) is 15.1 Å². The van der Waals surface area contributed by atoms with Crippen LogP contribution >= 0.6 is 34.8 Å². The van der Waals surface area contributed by atoms with E-state index in [1.807, 2.05) is 0 Å². The fourth-order valence-electron chi connectivity index (χ4n) is 5.41. The van der Waals surface area contributed by atoms with Crippen LogP contribution in [0.3, 0.4) is 0 Å². The van der Waals surface area contributed by atoms with E-state index in [2.05, 4.69) is 34.3 Å². The second kappa shape index (κ2) is 18.8. The first-order chi connectivity index (χ1) is 22.3. The minimum atomic E-state index is -0.0274.